The average molecular weight is 322 g/mol. The Labute approximate surface area is 135 Å². The molecule has 2 fully saturated rings. The number of urea groups is 1. The Balaban J connectivity index is 1.56. The molecule has 1 aliphatic heterocycles. The molecule has 1 aliphatic carbocycles. The molecule has 2 amide bonds. The third-order valence-corrected chi connectivity index (χ3v) is 5.28. The molecule has 2 aliphatic rings. The normalized spacial score (nSPS) is 29.5. The zero-order valence-corrected chi connectivity index (χ0v) is 13.7. The molecule has 6 heteroatoms. The van der Waals surface area contributed by atoms with Crippen molar-refractivity contribution in [2.24, 2.45) is 11.8 Å². The van der Waals surface area contributed by atoms with Crippen LogP contribution in [-0.2, 0) is 9.47 Å². The number of carbonyl (C=O) groups excluding carboxylic acids is 1. The van der Waals surface area contributed by atoms with Crippen molar-refractivity contribution < 1.29 is 14.3 Å². The maximum Gasteiger partial charge on any atom is 0.319 e. The second kappa shape index (κ2) is 6.89. The van der Waals surface area contributed by atoms with E-state index in [1.165, 1.54) is 4.90 Å². The number of fused-ring (bicyclic) bond motifs is 1. The van der Waals surface area contributed by atoms with Crippen molar-refractivity contribution in [3.05, 3.63) is 24.3 Å². The molecule has 0 aromatic heterocycles. The van der Waals surface area contributed by atoms with Gasteiger partial charge in [0.05, 0.1) is 12.7 Å². The van der Waals surface area contributed by atoms with Crippen LogP contribution in [0.25, 0.3) is 0 Å². The van der Waals surface area contributed by atoms with Crippen LogP contribution in [0.1, 0.15) is 6.42 Å². The number of methoxy groups -OCH3 is 1. The lowest BCUT2D eigenvalue weighted by Gasteiger charge is -2.47. The first-order valence-electron chi connectivity index (χ1n) is 7.55. The Hall–Kier alpha value is -1.24. The lowest BCUT2D eigenvalue weighted by Crippen LogP contribution is -2.63. The van der Waals surface area contributed by atoms with E-state index >= 15 is 0 Å². The fourth-order valence-corrected chi connectivity index (χ4v) is 3.84. The van der Waals surface area contributed by atoms with Crippen molar-refractivity contribution in [2.45, 2.75) is 23.5 Å². The number of anilines is 1. The lowest BCUT2D eigenvalue weighted by molar-refractivity contribution is -0.0798. The molecule has 1 aromatic rings. The molecule has 120 valence electrons. The monoisotopic (exact) mass is 322 g/mol. The van der Waals surface area contributed by atoms with Crippen molar-refractivity contribution in [1.82, 2.24) is 5.32 Å². The third-order valence-electron chi connectivity index (χ3n) is 4.53. The number of nitrogens with one attached hydrogen (secondary N) is 2. The van der Waals surface area contributed by atoms with Gasteiger partial charge < -0.3 is 20.1 Å². The largest absolute Gasteiger partial charge is 0.384 e. The summed E-state index contributed by atoms with van der Waals surface area (Å²) in [5, 5.41) is 5.98. The van der Waals surface area contributed by atoms with Crippen LogP contribution in [0.3, 0.4) is 0 Å². The minimum absolute atomic E-state index is 0.137. The first kappa shape index (κ1) is 15.6. The van der Waals surface area contributed by atoms with Gasteiger partial charge >= 0.3 is 6.03 Å². The van der Waals surface area contributed by atoms with Crippen molar-refractivity contribution in [2.75, 3.05) is 31.9 Å². The van der Waals surface area contributed by atoms with Crippen LogP contribution in [0.2, 0.25) is 0 Å². The summed E-state index contributed by atoms with van der Waals surface area (Å²) >= 11 is 1.68. The minimum atomic E-state index is -0.159. The lowest BCUT2D eigenvalue weighted by atomic mass is 9.67. The van der Waals surface area contributed by atoms with Crippen LogP contribution in [-0.4, -0.2) is 44.8 Å². The van der Waals surface area contributed by atoms with Gasteiger partial charge in [0.25, 0.3) is 0 Å². The number of benzene rings is 1. The van der Waals surface area contributed by atoms with Gasteiger partial charge in [-0.15, -0.1) is 11.8 Å². The van der Waals surface area contributed by atoms with Crippen LogP contribution in [0.5, 0.6) is 0 Å². The Morgan fingerprint density at radius 1 is 1.41 bits per heavy atom. The van der Waals surface area contributed by atoms with E-state index in [0.717, 1.165) is 18.7 Å². The SMILES string of the molecule is COCC1C(NC(=O)Nc2ccc(SC)cc2)C2CCOC21. The van der Waals surface area contributed by atoms with Crippen LogP contribution in [0, 0.1) is 11.8 Å². The van der Waals surface area contributed by atoms with Crippen LogP contribution >= 0.6 is 11.8 Å². The molecule has 2 N–H and O–H groups in total. The number of amides is 2. The number of hydrogen-bond donors (Lipinski definition) is 2. The molecule has 0 spiro atoms. The summed E-state index contributed by atoms with van der Waals surface area (Å²) in [5.74, 6) is 0.673. The molecule has 22 heavy (non-hydrogen) atoms. The molecule has 0 radical (unpaired) electrons. The van der Waals surface area contributed by atoms with E-state index in [4.69, 9.17) is 9.47 Å². The highest BCUT2D eigenvalue weighted by molar-refractivity contribution is 7.98. The fourth-order valence-electron chi connectivity index (χ4n) is 3.43. The van der Waals surface area contributed by atoms with E-state index in [1.807, 2.05) is 30.5 Å². The number of rotatable bonds is 5. The highest BCUT2D eigenvalue weighted by Gasteiger charge is 2.54. The van der Waals surface area contributed by atoms with Gasteiger partial charge in [-0.3, -0.25) is 0 Å². The molecule has 5 nitrogen and oxygen atoms in total. The summed E-state index contributed by atoms with van der Waals surface area (Å²) in [6.45, 7) is 1.40. The van der Waals surface area contributed by atoms with Gasteiger partial charge in [-0.05, 0) is 36.9 Å². The van der Waals surface area contributed by atoms with Gasteiger partial charge in [0.1, 0.15) is 0 Å². The maximum atomic E-state index is 12.2. The van der Waals surface area contributed by atoms with E-state index in [2.05, 4.69) is 10.6 Å². The topological polar surface area (TPSA) is 59.6 Å². The zero-order chi connectivity index (χ0) is 15.5. The second-order valence-electron chi connectivity index (χ2n) is 5.76. The number of ether oxygens (including phenoxy) is 2. The Kier molecular flexibility index (Phi) is 4.90. The molecule has 4 atom stereocenters. The fraction of sp³-hybridized carbons (Fsp3) is 0.562. The molecule has 1 heterocycles. The van der Waals surface area contributed by atoms with Gasteiger partial charge in [-0.1, -0.05) is 0 Å². The van der Waals surface area contributed by atoms with Gasteiger partial charge in [-0.2, -0.15) is 0 Å². The van der Waals surface area contributed by atoms with Crippen LogP contribution < -0.4 is 10.6 Å². The predicted molar refractivity (Wildman–Crippen MR) is 87.4 cm³/mol. The summed E-state index contributed by atoms with van der Waals surface area (Å²) < 4.78 is 11.0. The summed E-state index contributed by atoms with van der Waals surface area (Å²) in [7, 11) is 1.69. The molecule has 1 aromatic carbocycles. The molecule has 3 rings (SSSR count). The Bertz CT molecular complexity index is 523. The minimum Gasteiger partial charge on any atom is -0.384 e. The Morgan fingerprint density at radius 2 is 2.18 bits per heavy atom. The van der Waals surface area contributed by atoms with Crippen molar-refractivity contribution >= 4 is 23.5 Å². The van der Waals surface area contributed by atoms with E-state index in [0.29, 0.717) is 12.5 Å². The van der Waals surface area contributed by atoms with Gasteiger partial charge in [-0.25, -0.2) is 4.79 Å². The molecule has 1 saturated heterocycles. The molecule has 4 unspecified atom stereocenters. The van der Waals surface area contributed by atoms with Gasteiger partial charge in [0.2, 0.25) is 0 Å². The van der Waals surface area contributed by atoms with Crippen molar-refractivity contribution in [3.8, 4) is 0 Å². The first-order chi connectivity index (χ1) is 10.7. The van der Waals surface area contributed by atoms with E-state index < -0.39 is 0 Å². The number of hydrogen-bond acceptors (Lipinski definition) is 4. The molecular weight excluding hydrogens is 300 g/mol. The van der Waals surface area contributed by atoms with E-state index in [-0.39, 0.29) is 24.1 Å². The third kappa shape index (κ3) is 3.09. The summed E-state index contributed by atoms with van der Waals surface area (Å²) in [6.07, 6.45) is 3.28. The number of thioether (sulfide) groups is 1. The van der Waals surface area contributed by atoms with Crippen molar-refractivity contribution in [1.29, 1.82) is 0 Å². The van der Waals surface area contributed by atoms with Gasteiger partial charge in [0.15, 0.2) is 0 Å². The first-order valence-corrected chi connectivity index (χ1v) is 8.77. The van der Waals surface area contributed by atoms with Gasteiger partial charge in [0, 0.05) is 42.2 Å². The van der Waals surface area contributed by atoms with E-state index in [1.54, 1.807) is 18.9 Å². The van der Waals surface area contributed by atoms with Crippen LogP contribution in [0.15, 0.2) is 29.2 Å². The summed E-state index contributed by atoms with van der Waals surface area (Å²) in [4.78, 5) is 13.4. The average Bonchev–Trinajstić information content (AvgIpc) is 2.96. The molecule has 1 saturated carbocycles. The zero-order valence-electron chi connectivity index (χ0n) is 12.9. The second-order valence-corrected chi connectivity index (χ2v) is 6.64. The summed E-state index contributed by atoms with van der Waals surface area (Å²) in [5.41, 5.74) is 0.803. The summed E-state index contributed by atoms with van der Waals surface area (Å²) in [6, 6.07) is 7.81. The smallest absolute Gasteiger partial charge is 0.319 e. The highest BCUT2D eigenvalue weighted by Crippen LogP contribution is 2.43. The quantitative estimate of drug-likeness (QED) is 0.818. The molecule has 0 bridgehead atoms. The Morgan fingerprint density at radius 3 is 2.86 bits per heavy atom. The number of carbonyl (C=O) groups is 1. The standard InChI is InChI=1S/C16H22N2O3S/c1-20-9-13-14(12-7-8-21-15(12)13)18-16(19)17-10-3-5-11(22-2)6-4-10/h3-6,12-15H,7-9H2,1-2H3,(H2,17,18,19). The van der Waals surface area contributed by atoms with Crippen molar-refractivity contribution in [3.63, 3.8) is 0 Å². The predicted octanol–water partition coefficient (Wildman–Crippen LogP) is 2.58. The molecular formula is C16H22N2O3S. The maximum absolute atomic E-state index is 12.2. The van der Waals surface area contributed by atoms with Crippen LogP contribution in [0.4, 0.5) is 10.5 Å². The van der Waals surface area contributed by atoms with E-state index in [9.17, 15) is 4.79 Å². The highest BCUT2D eigenvalue weighted by atomic mass is 32.2.